The van der Waals surface area contributed by atoms with E-state index in [0.29, 0.717) is 13.1 Å². The number of nitrogens with two attached hydrogens (primary N) is 1. The van der Waals surface area contributed by atoms with Gasteiger partial charge in [-0.15, -0.1) is 0 Å². The molecule has 1 heterocycles. The van der Waals surface area contributed by atoms with Crippen molar-refractivity contribution in [2.24, 2.45) is 5.84 Å². The van der Waals surface area contributed by atoms with Gasteiger partial charge in [0.05, 0.1) is 6.67 Å². The first-order chi connectivity index (χ1) is 9.03. The van der Waals surface area contributed by atoms with Crippen molar-refractivity contribution < 1.29 is 4.79 Å². The molecule has 0 fully saturated rings. The van der Waals surface area contributed by atoms with Crippen molar-refractivity contribution in [1.82, 2.24) is 10.7 Å². The highest BCUT2D eigenvalue weighted by molar-refractivity contribution is 5.93. The predicted octanol–water partition coefficient (Wildman–Crippen LogP) is 0.859. The minimum Gasteiger partial charge on any atom is -0.326 e. The van der Waals surface area contributed by atoms with Crippen LogP contribution in [0.1, 0.15) is 31.4 Å². The van der Waals surface area contributed by atoms with Gasteiger partial charge in [-0.3, -0.25) is 10.6 Å². The summed E-state index contributed by atoms with van der Waals surface area (Å²) in [5.74, 6) is 5.35. The summed E-state index contributed by atoms with van der Waals surface area (Å²) in [6.45, 7) is 5.81. The van der Waals surface area contributed by atoms with Gasteiger partial charge in [0.15, 0.2) is 0 Å². The number of hydrogen-bond donors (Lipinski definition) is 4. The van der Waals surface area contributed by atoms with Gasteiger partial charge in [0.1, 0.15) is 0 Å². The van der Waals surface area contributed by atoms with Gasteiger partial charge in [-0.2, -0.15) is 0 Å². The van der Waals surface area contributed by atoms with Crippen LogP contribution in [-0.4, -0.2) is 19.1 Å². The molecule has 5 heteroatoms. The maximum atomic E-state index is 11.3. The van der Waals surface area contributed by atoms with E-state index >= 15 is 0 Å². The minimum atomic E-state index is 0.0212. The lowest BCUT2D eigenvalue weighted by Gasteiger charge is -2.28. The lowest BCUT2D eigenvalue weighted by molar-refractivity contribution is -0.116. The van der Waals surface area contributed by atoms with Crippen molar-refractivity contribution in [3.05, 3.63) is 29.3 Å². The lowest BCUT2D eigenvalue weighted by atomic mass is 9.82. The molecule has 104 valence electrons. The quantitative estimate of drug-likeness (QED) is 0.275. The average Bonchev–Trinajstić information content (AvgIpc) is 2.38. The Bertz CT molecular complexity index is 471. The highest BCUT2D eigenvalue weighted by Crippen LogP contribution is 2.29. The van der Waals surface area contributed by atoms with Gasteiger partial charge in [-0.05, 0) is 23.6 Å². The highest BCUT2D eigenvalue weighted by atomic mass is 16.1. The van der Waals surface area contributed by atoms with Crippen LogP contribution < -0.4 is 21.9 Å². The van der Waals surface area contributed by atoms with Gasteiger partial charge < -0.3 is 10.6 Å². The largest absolute Gasteiger partial charge is 0.326 e. The Hall–Kier alpha value is -1.43. The van der Waals surface area contributed by atoms with Gasteiger partial charge in [0.2, 0.25) is 5.91 Å². The van der Waals surface area contributed by atoms with Crippen LogP contribution in [0.15, 0.2) is 18.2 Å². The topological polar surface area (TPSA) is 79.2 Å². The van der Waals surface area contributed by atoms with Crippen LogP contribution in [-0.2, 0) is 16.6 Å². The summed E-state index contributed by atoms with van der Waals surface area (Å²) < 4.78 is 0. The molecule has 1 aliphatic rings. The molecule has 0 aromatic heterocycles. The molecule has 19 heavy (non-hydrogen) atoms. The predicted molar refractivity (Wildman–Crippen MR) is 76.6 cm³/mol. The first kappa shape index (κ1) is 14.0. The number of hydrazine groups is 1. The molecular weight excluding hydrogens is 240 g/mol. The fraction of sp³-hybridized carbons (Fsp3) is 0.500. The van der Waals surface area contributed by atoms with E-state index in [1.165, 1.54) is 11.1 Å². The number of carbonyl (C=O) groups is 1. The molecule has 0 atom stereocenters. The second-order valence-electron chi connectivity index (χ2n) is 5.61. The number of benzene rings is 1. The summed E-state index contributed by atoms with van der Waals surface area (Å²) >= 11 is 0. The zero-order valence-corrected chi connectivity index (χ0v) is 11.5. The molecule has 1 aromatic rings. The van der Waals surface area contributed by atoms with Crippen molar-refractivity contribution >= 4 is 11.6 Å². The van der Waals surface area contributed by atoms with E-state index < -0.39 is 0 Å². The standard InChI is InChI=1S/C14H22N4O/c1-14(2,8-16-9-17-15)11-4-5-12-10(7-11)3-6-13(19)18-12/h4-5,7,16-17H,3,6,8-9,15H2,1-2H3,(H,18,19). The van der Waals surface area contributed by atoms with Crippen LogP contribution in [0.3, 0.4) is 0 Å². The molecule has 0 saturated carbocycles. The average molecular weight is 262 g/mol. The number of amides is 1. The summed E-state index contributed by atoms with van der Waals surface area (Å²) in [4.78, 5) is 11.3. The Morgan fingerprint density at radius 2 is 2.16 bits per heavy atom. The van der Waals surface area contributed by atoms with E-state index in [4.69, 9.17) is 5.84 Å². The number of rotatable bonds is 5. The molecule has 0 unspecified atom stereocenters. The molecule has 0 radical (unpaired) electrons. The second kappa shape index (κ2) is 5.69. The van der Waals surface area contributed by atoms with Crippen LogP contribution in [0.4, 0.5) is 5.69 Å². The summed E-state index contributed by atoms with van der Waals surface area (Å²) in [5.41, 5.74) is 6.05. The first-order valence-corrected chi connectivity index (χ1v) is 6.60. The van der Waals surface area contributed by atoms with Gasteiger partial charge in [0, 0.05) is 24.1 Å². The monoisotopic (exact) mass is 262 g/mol. The van der Waals surface area contributed by atoms with Gasteiger partial charge in [-0.1, -0.05) is 26.0 Å². The van der Waals surface area contributed by atoms with Crippen LogP contribution in [0.2, 0.25) is 0 Å². The molecule has 0 aliphatic carbocycles. The second-order valence-corrected chi connectivity index (χ2v) is 5.61. The molecule has 2 rings (SSSR count). The number of nitrogens with one attached hydrogen (secondary N) is 3. The normalized spacial score (nSPS) is 15.0. The third-order valence-electron chi connectivity index (χ3n) is 3.58. The fourth-order valence-corrected chi connectivity index (χ4v) is 2.35. The SMILES string of the molecule is CC(C)(CNCNN)c1ccc2c(c1)CCC(=O)N2. The Kier molecular flexibility index (Phi) is 4.19. The summed E-state index contributed by atoms with van der Waals surface area (Å²) in [7, 11) is 0. The number of anilines is 1. The molecule has 5 N–H and O–H groups in total. The fourth-order valence-electron chi connectivity index (χ4n) is 2.35. The van der Waals surface area contributed by atoms with Crippen molar-refractivity contribution in [2.75, 3.05) is 18.5 Å². The summed E-state index contributed by atoms with van der Waals surface area (Å²) in [6.07, 6.45) is 1.40. The van der Waals surface area contributed by atoms with E-state index in [9.17, 15) is 4.79 Å². The maximum Gasteiger partial charge on any atom is 0.224 e. The van der Waals surface area contributed by atoms with Crippen molar-refractivity contribution in [1.29, 1.82) is 0 Å². The highest BCUT2D eigenvalue weighted by Gasteiger charge is 2.22. The molecule has 1 aliphatic heterocycles. The molecule has 0 saturated heterocycles. The lowest BCUT2D eigenvalue weighted by Crippen LogP contribution is -2.40. The first-order valence-electron chi connectivity index (χ1n) is 6.60. The zero-order chi connectivity index (χ0) is 13.9. The van der Waals surface area contributed by atoms with Crippen molar-refractivity contribution in [3.63, 3.8) is 0 Å². The van der Waals surface area contributed by atoms with E-state index in [2.05, 4.69) is 42.0 Å². The van der Waals surface area contributed by atoms with E-state index in [1.54, 1.807) is 0 Å². The maximum absolute atomic E-state index is 11.3. The molecule has 1 aromatic carbocycles. The Balaban J connectivity index is 2.14. The molecule has 1 amide bonds. The van der Waals surface area contributed by atoms with E-state index in [-0.39, 0.29) is 11.3 Å². The van der Waals surface area contributed by atoms with Crippen LogP contribution in [0.25, 0.3) is 0 Å². The minimum absolute atomic E-state index is 0.0212. The molecular formula is C14H22N4O. The number of fused-ring (bicyclic) bond motifs is 1. The van der Waals surface area contributed by atoms with Crippen LogP contribution in [0, 0.1) is 0 Å². The van der Waals surface area contributed by atoms with Crippen molar-refractivity contribution in [2.45, 2.75) is 32.1 Å². The van der Waals surface area contributed by atoms with Crippen LogP contribution in [0.5, 0.6) is 0 Å². The van der Waals surface area contributed by atoms with Gasteiger partial charge >= 0.3 is 0 Å². The summed E-state index contributed by atoms with van der Waals surface area (Å²) in [6, 6.07) is 6.29. The molecule has 0 bridgehead atoms. The Morgan fingerprint density at radius 3 is 2.89 bits per heavy atom. The third kappa shape index (κ3) is 3.32. The van der Waals surface area contributed by atoms with E-state index in [1.807, 2.05) is 6.07 Å². The number of carbonyl (C=O) groups excluding carboxylic acids is 1. The number of hydrogen-bond acceptors (Lipinski definition) is 4. The number of aryl methyl sites for hydroxylation is 1. The zero-order valence-electron chi connectivity index (χ0n) is 11.5. The third-order valence-corrected chi connectivity index (χ3v) is 3.58. The molecule has 0 spiro atoms. The van der Waals surface area contributed by atoms with Crippen molar-refractivity contribution in [3.8, 4) is 0 Å². The smallest absolute Gasteiger partial charge is 0.224 e. The molecule has 5 nitrogen and oxygen atoms in total. The van der Waals surface area contributed by atoms with Gasteiger partial charge in [0.25, 0.3) is 0 Å². The summed E-state index contributed by atoms with van der Waals surface area (Å²) in [5, 5.41) is 6.16. The Labute approximate surface area is 113 Å². The van der Waals surface area contributed by atoms with Gasteiger partial charge in [-0.25, -0.2) is 5.43 Å². The van der Waals surface area contributed by atoms with E-state index in [0.717, 1.165) is 18.7 Å². The van der Waals surface area contributed by atoms with Crippen LogP contribution >= 0.6 is 0 Å². The Morgan fingerprint density at radius 1 is 1.37 bits per heavy atom.